The molecular weight excluding hydrogens is 216 g/mol. The number of hydrogen-bond acceptors (Lipinski definition) is 2. The molecule has 0 aliphatic rings. The van der Waals surface area contributed by atoms with Gasteiger partial charge in [-0.25, -0.2) is 0 Å². The topological polar surface area (TPSA) is 20.2 Å². The number of hydrogen-bond donors (Lipinski definition) is 1. The third-order valence-electron chi connectivity index (χ3n) is 2.65. The summed E-state index contributed by atoms with van der Waals surface area (Å²) in [6.45, 7) is 2.39. The van der Waals surface area contributed by atoms with Crippen LogP contribution in [0.5, 0.6) is 0 Å². The Morgan fingerprint density at radius 2 is 1.81 bits per heavy atom. The summed E-state index contributed by atoms with van der Waals surface area (Å²) in [7, 11) is 0. The molecule has 1 aromatic rings. The van der Waals surface area contributed by atoms with Crippen molar-refractivity contribution in [1.82, 2.24) is 0 Å². The first-order chi connectivity index (χ1) is 7.88. The summed E-state index contributed by atoms with van der Waals surface area (Å²) in [6, 6.07) is 8.12. The number of rotatable bonds is 8. The summed E-state index contributed by atoms with van der Waals surface area (Å²) in [4.78, 5) is 1.24. The smallest absolute Gasteiger partial charge is 0.0692 e. The van der Waals surface area contributed by atoms with Crippen molar-refractivity contribution in [1.29, 1.82) is 0 Å². The molecule has 0 aromatic heterocycles. The monoisotopic (exact) mass is 238 g/mol. The van der Waals surface area contributed by atoms with Crippen LogP contribution in [0, 0.1) is 0 Å². The van der Waals surface area contributed by atoms with Gasteiger partial charge >= 0.3 is 0 Å². The predicted molar refractivity (Wildman–Crippen MR) is 71.8 cm³/mol. The number of thioether (sulfide) groups is 1. The molecule has 0 saturated carbocycles. The second-order valence-electron chi connectivity index (χ2n) is 4.03. The lowest BCUT2D eigenvalue weighted by Gasteiger charge is -2.06. The highest BCUT2D eigenvalue weighted by Crippen LogP contribution is 2.23. The summed E-state index contributed by atoms with van der Waals surface area (Å²) >= 11 is 1.87. The maximum absolute atomic E-state index is 9.18. The fourth-order valence-electron chi connectivity index (χ4n) is 1.66. The molecular formula is C14H22OS. The van der Waals surface area contributed by atoms with Gasteiger partial charge in [0.05, 0.1) is 6.61 Å². The molecule has 90 valence electrons. The van der Waals surface area contributed by atoms with Crippen molar-refractivity contribution in [3.8, 4) is 0 Å². The number of benzene rings is 1. The lowest BCUT2D eigenvalue weighted by molar-refractivity contribution is 0.279. The molecule has 0 aliphatic heterocycles. The molecule has 0 radical (unpaired) electrons. The Morgan fingerprint density at radius 3 is 2.56 bits per heavy atom. The van der Waals surface area contributed by atoms with Crippen molar-refractivity contribution in [2.75, 3.05) is 5.75 Å². The van der Waals surface area contributed by atoms with Crippen molar-refractivity contribution in [3.63, 3.8) is 0 Å². The van der Waals surface area contributed by atoms with E-state index in [2.05, 4.69) is 13.0 Å². The molecule has 0 aliphatic carbocycles. The Balaban J connectivity index is 2.21. The van der Waals surface area contributed by atoms with Gasteiger partial charge in [0.25, 0.3) is 0 Å². The largest absolute Gasteiger partial charge is 0.392 e. The van der Waals surface area contributed by atoms with E-state index in [1.54, 1.807) is 0 Å². The normalized spacial score (nSPS) is 10.6. The van der Waals surface area contributed by atoms with Crippen molar-refractivity contribution in [3.05, 3.63) is 29.8 Å². The molecule has 0 heterocycles. The highest BCUT2D eigenvalue weighted by molar-refractivity contribution is 7.99. The zero-order valence-corrected chi connectivity index (χ0v) is 10.9. The Hall–Kier alpha value is -0.470. The van der Waals surface area contributed by atoms with Crippen LogP contribution in [0.1, 0.15) is 44.6 Å². The van der Waals surface area contributed by atoms with Gasteiger partial charge < -0.3 is 5.11 Å². The summed E-state index contributed by atoms with van der Waals surface area (Å²) < 4.78 is 0. The highest BCUT2D eigenvalue weighted by Gasteiger charge is 2.00. The van der Waals surface area contributed by atoms with E-state index in [1.165, 1.54) is 42.8 Å². The molecule has 0 bridgehead atoms. The third-order valence-corrected chi connectivity index (χ3v) is 3.85. The SMILES string of the molecule is CCCCCCCSc1ccccc1CO. The third kappa shape index (κ3) is 5.04. The minimum atomic E-state index is 0.152. The predicted octanol–water partition coefficient (Wildman–Crippen LogP) is 4.24. The molecule has 1 rings (SSSR count). The lowest BCUT2D eigenvalue weighted by atomic mass is 10.2. The van der Waals surface area contributed by atoms with Crippen LogP contribution in [0.15, 0.2) is 29.2 Å². The van der Waals surface area contributed by atoms with E-state index in [9.17, 15) is 5.11 Å². The molecule has 16 heavy (non-hydrogen) atoms. The van der Waals surface area contributed by atoms with E-state index in [4.69, 9.17) is 0 Å². The van der Waals surface area contributed by atoms with E-state index in [-0.39, 0.29) is 6.61 Å². The van der Waals surface area contributed by atoms with Crippen molar-refractivity contribution < 1.29 is 5.11 Å². The van der Waals surface area contributed by atoms with Crippen LogP contribution in [0.2, 0.25) is 0 Å². The fraction of sp³-hybridized carbons (Fsp3) is 0.571. The van der Waals surface area contributed by atoms with Crippen LogP contribution in [0.25, 0.3) is 0 Å². The molecule has 1 N–H and O–H groups in total. The van der Waals surface area contributed by atoms with Crippen LogP contribution < -0.4 is 0 Å². The average Bonchev–Trinajstić information content (AvgIpc) is 2.34. The summed E-state index contributed by atoms with van der Waals surface area (Å²) in [6.07, 6.45) is 6.64. The molecule has 1 nitrogen and oxygen atoms in total. The molecule has 0 amide bonds. The fourth-order valence-corrected chi connectivity index (χ4v) is 2.72. The maximum atomic E-state index is 9.18. The first-order valence-electron chi connectivity index (χ1n) is 6.20. The zero-order chi connectivity index (χ0) is 11.6. The van der Waals surface area contributed by atoms with Crippen LogP contribution >= 0.6 is 11.8 Å². The van der Waals surface area contributed by atoms with E-state index in [0.29, 0.717) is 0 Å². The first kappa shape index (κ1) is 13.6. The van der Waals surface area contributed by atoms with Crippen LogP contribution in [-0.2, 0) is 6.61 Å². The van der Waals surface area contributed by atoms with Gasteiger partial charge in [0.2, 0.25) is 0 Å². The Morgan fingerprint density at radius 1 is 1.06 bits per heavy atom. The Kier molecular flexibility index (Phi) is 7.35. The van der Waals surface area contributed by atoms with Gasteiger partial charge in [0.1, 0.15) is 0 Å². The van der Waals surface area contributed by atoms with E-state index >= 15 is 0 Å². The van der Waals surface area contributed by atoms with Crippen LogP contribution in [-0.4, -0.2) is 10.9 Å². The number of aliphatic hydroxyl groups is 1. The van der Waals surface area contributed by atoms with Crippen molar-refractivity contribution in [2.45, 2.75) is 50.5 Å². The van der Waals surface area contributed by atoms with Crippen molar-refractivity contribution in [2.24, 2.45) is 0 Å². The van der Waals surface area contributed by atoms with Crippen molar-refractivity contribution >= 4 is 11.8 Å². The quantitative estimate of drug-likeness (QED) is 0.540. The Labute approximate surface area is 103 Å². The van der Waals surface area contributed by atoms with Crippen LogP contribution in [0.4, 0.5) is 0 Å². The van der Waals surface area contributed by atoms with Gasteiger partial charge in [0.15, 0.2) is 0 Å². The molecule has 0 atom stereocenters. The first-order valence-corrected chi connectivity index (χ1v) is 7.18. The minimum Gasteiger partial charge on any atom is -0.392 e. The van der Waals surface area contributed by atoms with Gasteiger partial charge in [-0.15, -0.1) is 11.8 Å². The van der Waals surface area contributed by atoms with Gasteiger partial charge in [-0.3, -0.25) is 0 Å². The summed E-state index contributed by atoms with van der Waals surface area (Å²) in [5.74, 6) is 1.17. The molecule has 0 fully saturated rings. The molecule has 0 saturated heterocycles. The standard InChI is InChI=1S/C14H22OS/c1-2-3-4-5-8-11-16-14-10-7-6-9-13(14)12-15/h6-7,9-10,15H,2-5,8,11-12H2,1H3. The molecule has 0 spiro atoms. The summed E-state index contributed by atoms with van der Waals surface area (Å²) in [5, 5.41) is 9.18. The van der Waals surface area contributed by atoms with E-state index in [0.717, 1.165) is 5.56 Å². The maximum Gasteiger partial charge on any atom is 0.0692 e. The van der Waals surface area contributed by atoms with Gasteiger partial charge in [-0.1, -0.05) is 50.8 Å². The minimum absolute atomic E-state index is 0.152. The van der Waals surface area contributed by atoms with Crippen LogP contribution in [0.3, 0.4) is 0 Å². The number of unbranched alkanes of at least 4 members (excludes halogenated alkanes) is 4. The van der Waals surface area contributed by atoms with Gasteiger partial charge in [-0.2, -0.15) is 0 Å². The lowest BCUT2D eigenvalue weighted by Crippen LogP contribution is -1.88. The molecule has 0 unspecified atom stereocenters. The summed E-state index contributed by atoms with van der Waals surface area (Å²) in [5.41, 5.74) is 1.06. The van der Waals surface area contributed by atoms with E-state index in [1.807, 2.05) is 30.0 Å². The average molecular weight is 238 g/mol. The van der Waals surface area contributed by atoms with E-state index < -0.39 is 0 Å². The number of aliphatic hydroxyl groups excluding tert-OH is 1. The molecule has 1 aromatic carbocycles. The Bertz CT molecular complexity index is 286. The van der Waals surface area contributed by atoms with Gasteiger partial charge in [-0.05, 0) is 23.8 Å². The zero-order valence-electron chi connectivity index (χ0n) is 10.1. The second kappa shape index (κ2) is 8.66. The van der Waals surface area contributed by atoms with Gasteiger partial charge in [0, 0.05) is 4.90 Å². The second-order valence-corrected chi connectivity index (χ2v) is 5.17. The highest BCUT2D eigenvalue weighted by atomic mass is 32.2. The molecule has 2 heteroatoms.